The Balaban J connectivity index is 1.12. The highest BCUT2D eigenvalue weighted by Gasteiger charge is 2.20. The van der Waals surface area contributed by atoms with Crippen LogP contribution < -0.4 is 0 Å². The second-order valence-electron chi connectivity index (χ2n) is 10.0. The largest absolute Gasteiger partial charge is 0.377 e. The van der Waals surface area contributed by atoms with E-state index in [0.717, 1.165) is 54.8 Å². The molecule has 3 nitrogen and oxygen atoms in total. The van der Waals surface area contributed by atoms with Crippen LogP contribution in [0.25, 0.3) is 10.9 Å². The highest BCUT2D eigenvalue weighted by atomic mass is 16.5. The number of ether oxygens (including phenoxy) is 1. The fourth-order valence-corrected chi connectivity index (χ4v) is 5.22. The van der Waals surface area contributed by atoms with Gasteiger partial charge in [0.15, 0.2) is 5.78 Å². The molecular weight excluding hydrogens is 454 g/mol. The number of fused-ring (bicyclic) bond motifs is 1. The number of nitrogens with zero attached hydrogens (tertiary/aromatic N) is 1. The lowest BCUT2D eigenvalue weighted by Gasteiger charge is -2.09. The molecule has 0 aliphatic carbocycles. The Bertz CT molecular complexity index is 1230. The van der Waals surface area contributed by atoms with Crippen LogP contribution in [-0.4, -0.2) is 17.0 Å². The number of benzene rings is 3. The van der Waals surface area contributed by atoms with Gasteiger partial charge in [-0.25, -0.2) is 0 Å². The van der Waals surface area contributed by atoms with Crippen LogP contribution in [0.4, 0.5) is 0 Å². The molecule has 3 heteroatoms. The summed E-state index contributed by atoms with van der Waals surface area (Å²) < 4.78 is 8.13. The third kappa shape index (κ3) is 7.66. The molecule has 3 aromatic carbocycles. The second kappa shape index (κ2) is 14.5. The zero-order chi connectivity index (χ0) is 25.7. The summed E-state index contributed by atoms with van der Waals surface area (Å²) in [6, 6.07) is 28.4. The van der Waals surface area contributed by atoms with Gasteiger partial charge in [0.05, 0.1) is 12.2 Å². The lowest BCUT2D eigenvalue weighted by molar-refractivity contribution is 0.103. The van der Waals surface area contributed by atoms with Gasteiger partial charge in [0, 0.05) is 35.3 Å². The first-order valence-corrected chi connectivity index (χ1v) is 14.0. The van der Waals surface area contributed by atoms with Crippen LogP contribution in [0, 0.1) is 6.92 Å². The molecule has 0 radical (unpaired) electrons. The summed E-state index contributed by atoms with van der Waals surface area (Å²) in [4.78, 5) is 13.3. The number of hydrogen-bond donors (Lipinski definition) is 0. The summed E-state index contributed by atoms with van der Waals surface area (Å²) in [5.41, 5.74) is 5.12. The minimum absolute atomic E-state index is 0.121. The number of hydrogen-bond acceptors (Lipinski definition) is 2. The fraction of sp³-hybridized carbons (Fsp3) is 0.382. The maximum Gasteiger partial charge on any atom is 0.195 e. The molecule has 1 aromatic heterocycles. The molecule has 194 valence electrons. The molecule has 0 bridgehead atoms. The SMILES string of the molecule is Cc1c(C(=O)c2ccccc2)c2ccccc2n1CCCCCCCCCCCOCc1ccccc1. The first kappa shape index (κ1) is 26.9. The standard InChI is InChI=1S/C34H41NO2/c1-28-33(34(36)30-21-13-10-14-22-30)31-23-15-16-24-32(31)35(28)25-17-7-5-3-2-4-6-8-18-26-37-27-29-19-11-9-12-20-29/h9-16,19-24H,2-8,17-18,25-27H2,1H3. The molecule has 0 N–H and O–H groups in total. The summed E-state index contributed by atoms with van der Waals surface area (Å²) in [7, 11) is 0. The van der Waals surface area contributed by atoms with E-state index in [0.29, 0.717) is 0 Å². The van der Waals surface area contributed by atoms with E-state index in [-0.39, 0.29) is 5.78 Å². The normalized spacial score (nSPS) is 11.3. The van der Waals surface area contributed by atoms with Crippen molar-refractivity contribution in [2.75, 3.05) is 6.61 Å². The number of aryl methyl sites for hydroxylation is 1. The Morgan fingerprint density at radius 1 is 0.676 bits per heavy atom. The van der Waals surface area contributed by atoms with Crippen LogP contribution in [0.1, 0.15) is 85.0 Å². The summed E-state index contributed by atoms with van der Waals surface area (Å²) >= 11 is 0. The van der Waals surface area contributed by atoms with Gasteiger partial charge in [-0.05, 0) is 31.4 Å². The molecule has 0 saturated heterocycles. The molecule has 0 amide bonds. The Labute approximate surface area is 222 Å². The van der Waals surface area contributed by atoms with Gasteiger partial charge >= 0.3 is 0 Å². The number of carbonyl (C=O) groups excluding carboxylic acids is 1. The molecule has 0 aliphatic heterocycles. The van der Waals surface area contributed by atoms with Crippen molar-refractivity contribution in [2.45, 2.75) is 77.9 Å². The third-order valence-corrected chi connectivity index (χ3v) is 7.28. The minimum atomic E-state index is 0.121. The molecule has 0 unspecified atom stereocenters. The van der Waals surface area contributed by atoms with E-state index in [1.54, 1.807) is 0 Å². The topological polar surface area (TPSA) is 31.2 Å². The highest BCUT2D eigenvalue weighted by molar-refractivity contribution is 6.17. The average molecular weight is 496 g/mol. The van der Waals surface area contributed by atoms with Gasteiger partial charge in [-0.2, -0.15) is 0 Å². The lowest BCUT2D eigenvalue weighted by atomic mass is 10.0. The van der Waals surface area contributed by atoms with E-state index in [9.17, 15) is 4.79 Å². The molecule has 0 fully saturated rings. The molecular formula is C34H41NO2. The average Bonchev–Trinajstić information content (AvgIpc) is 3.22. The van der Waals surface area contributed by atoms with E-state index in [1.165, 1.54) is 56.0 Å². The van der Waals surface area contributed by atoms with Crippen molar-refractivity contribution in [1.82, 2.24) is 4.57 Å². The molecule has 0 atom stereocenters. The van der Waals surface area contributed by atoms with Gasteiger partial charge in [0.2, 0.25) is 0 Å². The van der Waals surface area contributed by atoms with Crippen molar-refractivity contribution < 1.29 is 9.53 Å². The Morgan fingerprint density at radius 3 is 1.95 bits per heavy atom. The van der Waals surface area contributed by atoms with Crippen LogP contribution in [0.2, 0.25) is 0 Å². The summed E-state index contributed by atoms with van der Waals surface area (Å²) in [5.74, 6) is 0.121. The maximum absolute atomic E-state index is 13.3. The molecule has 0 spiro atoms. The smallest absolute Gasteiger partial charge is 0.195 e. The first-order chi connectivity index (χ1) is 18.3. The van der Waals surface area contributed by atoms with Gasteiger partial charge in [0.1, 0.15) is 0 Å². The van der Waals surface area contributed by atoms with Crippen molar-refractivity contribution >= 4 is 16.7 Å². The summed E-state index contributed by atoms with van der Waals surface area (Å²) in [6.07, 6.45) is 11.4. The summed E-state index contributed by atoms with van der Waals surface area (Å²) in [6.45, 7) is 4.66. The van der Waals surface area contributed by atoms with Crippen molar-refractivity contribution in [3.05, 3.63) is 107 Å². The molecule has 0 aliphatic rings. The fourth-order valence-electron chi connectivity index (χ4n) is 5.22. The Hall–Kier alpha value is -3.17. The Morgan fingerprint density at radius 2 is 1.24 bits per heavy atom. The second-order valence-corrected chi connectivity index (χ2v) is 10.0. The molecule has 1 heterocycles. The van der Waals surface area contributed by atoms with Gasteiger partial charge in [-0.1, -0.05) is 124 Å². The minimum Gasteiger partial charge on any atom is -0.377 e. The van der Waals surface area contributed by atoms with E-state index in [2.05, 4.69) is 54.0 Å². The molecule has 4 rings (SSSR count). The number of carbonyl (C=O) groups is 1. The number of unbranched alkanes of at least 4 members (excludes halogenated alkanes) is 8. The molecule has 0 saturated carbocycles. The molecule has 4 aromatic rings. The van der Waals surface area contributed by atoms with E-state index >= 15 is 0 Å². The van der Waals surface area contributed by atoms with E-state index < -0.39 is 0 Å². The number of rotatable bonds is 16. The van der Waals surface area contributed by atoms with E-state index in [1.807, 2.05) is 42.5 Å². The first-order valence-electron chi connectivity index (χ1n) is 14.0. The lowest BCUT2D eigenvalue weighted by Crippen LogP contribution is -2.05. The van der Waals surface area contributed by atoms with Crippen molar-refractivity contribution in [3.8, 4) is 0 Å². The van der Waals surface area contributed by atoms with Crippen LogP contribution in [0.5, 0.6) is 0 Å². The van der Waals surface area contributed by atoms with Crippen molar-refractivity contribution in [2.24, 2.45) is 0 Å². The van der Waals surface area contributed by atoms with Gasteiger partial charge in [-0.3, -0.25) is 4.79 Å². The van der Waals surface area contributed by atoms with Crippen LogP contribution in [0.15, 0.2) is 84.9 Å². The Kier molecular flexibility index (Phi) is 10.6. The van der Waals surface area contributed by atoms with Gasteiger partial charge < -0.3 is 9.30 Å². The highest BCUT2D eigenvalue weighted by Crippen LogP contribution is 2.28. The monoisotopic (exact) mass is 495 g/mol. The van der Waals surface area contributed by atoms with Crippen molar-refractivity contribution in [1.29, 1.82) is 0 Å². The quantitative estimate of drug-likeness (QED) is 0.115. The van der Waals surface area contributed by atoms with Gasteiger partial charge in [-0.15, -0.1) is 0 Å². The van der Waals surface area contributed by atoms with Crippen LogP contribution >= 0.6 is 0 Å². The van der Waals surface area contributed by atoms with Crippen LogP contribution in [-0.2, 0) is 17.9 Å². The van der Waals surface area contributed by atoms with Crippen molar-refractivity contribution in [3.63, 3.8) is 0 Å². The number of ketones is 1. The number of para-hydroxylation sites is 1. The zero-order valence-electron chi connectivity index (χ0n) is 22.3. The van der Waals surface area contributed by atoms with Crippen LogP contribution in [0.3, 0.4) is 0 Å². The third-order valence-electron chi connectivity index (χ3n) is 7.28. The predicted octanol–water partition coefficient (Wildman–Crippen LogP) is 8.91. The van der Waals surface area contributed by atoms with Gasteiger partial charge in [0.25, 0.3) is 0 Å². The van der Waals surface area contributed by atoms with E-state index in [4.69, 9.17) is 4.74 Å². The molecule has 37 heavy (non-hydrogen) atoms. The maximum atomic E-state index is 13.3. The predicted molar refractivity (Wildman–Crippen MR) is 154 cm³/mol. The zero-order valence-corrected chi connectivity index (χ0v) is 22.3. The number of aromatic nitrogens is 1. The summed E-state index contributed by atoms with van der Waals surface area (Å²) in [5, 5.41) is 1.07.